The van der Waals surface area contributed by atoms with Gasteiger partial charge in [0.15, 0.2) is 0 Å². The van der Waals surface area contributed by atoms with Crippen LogP contribution in [0.4, 0.5) is 11.4 Å². The number of benzene rings is 1. The monoisotopic (exact) mass is 293 g/mol. The first-order valence-corrected chi connectivity index (χ1v) is 7.00. The highest BCUT2D eigenvalue weighted by Crippen LogP contribution is 2.30. The SMILES string of the molecule is O=C(CC1(O)CCCCC1)NNc1cccc([N+](=O)[O-])c1. The number of hydrogen-bond acceptors (Lipinski definition) is 5. The molecule has 0 radical (unpaired) electrons. The maximum Gasteiger partial charge on any atom is 0.271 e. The van der Waals surface area contributed by atoms with Gasteiger partial charge in [-0.1, -0.05) is 25.3 Å². The fourth-order valence-electron chi connectivity index (χ4n) is 2.57. The van der Waals surface area contributed by atoms with Crippen molar-refractivity contribution in [1.82, 2.24) is 5.43 Å². The van der Waals surface area contributed by atoms with E-state index in [0.29, 0.717) is 18.5 Å². The second kappa shape index (κ2) is 6.53. The van der Waals surface area contributed by atoms with Gasteiger partial charge in [0.25, 0.3) is 5.69 Å². The number of non-ortho nitro benzene ring substituents is 1. The highest BCUT2D eigenvalue weighted by atomic mass is 16.6. The highest BCUT2D eigenvalue weighted by molar-refractivity contribution is 5.78. The minimum absolute atomic E-state index is 0.0366. The van der Waals surface area contributed by atoms with E-state index in [1.807, 2.05) is 0 Å². The quantitative estimate of drug-likeness (QED) is 0.569. The molecule has 1 aliphatic carbocycles. The summed E-state index contributed by atoms with van der Waals surface area (Å²) in [6.07, 6.45) is 4.27. The summed E-state index contributed by atoms with van der Waals surface area (Å²) in [6, 6.07) is 5.84. The van der Waals surface area contributed by atoms with Crippen molar-refractivity contribution in [3.63, 3.8) is 0 Å². The van der Waals surface area contributed by atoms with Crippen LogP contribution in [0.5, 0.6) is 0 Å². The van der Waals surface area contributed by atoms with E-state index in [1.54, 1.807) is 6.07 Å². The Hall–Kier alpha value is -2.15. The maximum atomic E-state index is 11.8. The average Bonchev–Trinajstić information content (AvgIpc) is 2.46. The Labute approximate surface area is 122 Å². The van der Waals surface area contributed by atoms with Crippen molar-refractivity contribution < 1.29 is 14.8 Å². The number of nitro benzene ring substituents is 1. The molecular formula is C14H19N3O4. The Morgan fingerprint density at radius 3 is 2.71 bits per heavy atom. The third-order valence-electron chi connectivity index (χ3n) is 3.68. The van der Waals surface area contributed by atoms with Crippen molar-refractivity contribution in [3.8, 4) is 0 Å². The molecule has 1 saturated carbocycles. The zero-order valence-electron chi connectivity index (χ0n) is 11.7. The highest BCUT2D eigenvalue weighted by Gasteiger charge is 2.31. The van der Waals surface area contributed by atoms with Crippen LogP contribution in [0.1, 0.15) is 38.5 Å². The molecule has 1 aliphatic rings. The van der Waals surface area contributed by atoms with E-state index in [2.05, 4.69) is 10.9 Å². The Kier molecular flexibility index (Phi) is 4.74. The van der Waals surface area contributed by atoms with Crippen molar-refractivity contribution in [2.24, 2.45) is 0 Å². The first-order chi connectivity index (χ1) is 9.98. The van der Waals surface area contributed by atoms with Crippen molar-refractivity contribution in [3.05, 3.63) is 34.4 Å². The molecule has 1 fully saturated rings. The Morgan fingerprint density at radius 2 is 2.05 bits per heavy atom. The summed E-state index contributed by atoms with van der Waals surface area (Å²) < 4.78 is 0. The molecule has 1 aromatic carbocycles. The van der Waals surface area contributed by atoms with Crippen LogP contribution in [-0.2, 0) is 4.79 Å². The normalized spacial score (nSPS) is 17.0. The molecule has 7 nitrogen and oxygen atoms in total. The number of hydrazine groups is 1. The van der Waals surface area contributed by atoms with Crippen LogP contribution >= 0.6 is 0 Å². The number of amides is 1. The number of anilines is 1. The van der Waals surface area contributed by atoms with E-state index in [4.69, 9.17) is 0 Å². The van der Waals surface area contributed by atoms with Crippen molar-refractivity contribution in [2.75, 3.05) is 5.43 Å². The summed E-state index contributed by atoms with van der Waals surface area (Å²) >= 11 is 0. The number of carbonyl (C=O) groups excluding carboxylic acids is 1. The third kappa shape index (κ3) is 4.42. The van der Waals surface area contributed by atoms with Gasteiger partial charge in [-0.25, -0.2) is 0 Å². The van der Waals surface area contributed by atoms with E-state index < -0.39 is 10.5 Å². The summed E-state index contributed by atoms with van der Waals surface area (Å²) in [7, 11) is 0. The minimum Gasteiger partial charge on any atom is -0.389 e. The molecular weight excluding hydrogens is 274 g/mol. The lowest BCUT2D eigenvalue weighted by Gasteiger charge is -2.31. The smallest absolute Gasteiger partial charge is 0.271 e. The van der Waals surface area contributed by atoms with Crippen LogP contribution in [0.2, 0.25) is 0 Å². The van der Waals surface area contributed by atoms with E-state index in [1.165, 1.54) is 18.2 Å². The van der Waals surface area contributed by atoms with Gasteiger partial charge >= 0.3 is 0 Å². The molecule has 0 aromatic heterocycles. The number of nitrogens with zero attached hydrogens (tertiary/aromatic N) is 1. The van der Waals surface area contributed by atoms with Gasteiger partial charge in [0.05, 0.1) is 22.6 Å². The van der Waals surface area contributed by atoms with Gasteiger partial charge in [0.2, 0.25) is 5.91 Å². The fraction of sp³-hybridized carbons (Fsp3) is 0.500. The van der Waals surface area contributed by atoms with Crippen molar-refractivity contribution in [1.29, 1.82) is 0 Å². The molecule has 0 heterocycles. The van der Waals surface area contributed by atoms with Gasteiger partial charge in [-0.05, 0) is 18.9 Å². The average molecular weight is 293 g/mol. The molecule has 3 N–H and O–H groups in total. The molecule has 1 amide bonds. The van der Waals surface area contributed by atoms with Crippen LogP contribution in [0.15, 0.2) is 24.3 Å². The summed E-state index contributed by atoms with van der Waals surface area (Å²) in [5, 5.41) is 20.9. The van der Waals surface area contributed by atoms with E-state index in [0.717, 1.165) is 19.3 Å². The topological polar surface area (TPSA) is 104 Å². The summed E-state index contributed by atoms with van der Waals surface area (Å²) in [4.78, 5) is 22.0. The first-order valence-electron chi connectivity index (χ1n) is 7.00. The summed E-state index contributed by atoms with van der Waals surface area (Å²) in [5.74, 6) is -0.328. The zero-order valence-corrected chi connectivity index (χ0v) is 11.7. The van der Waals surface area contributed by atoms with Crippen molar-refractivity contribution >= 4 is 17.3 Å². The van der Waals surface area contributed by atoms with Gasteiger partial charge in [0.1, 0.15) is 0 Å². The second-order valence-electron chi connectivity index (χ2n) is 5.44. The van der Waals surface area contributed by atoms with Gasteiger partial charge < -0.3 is 5.11 Å². The van der Waals surface area contributed by atoms with E-state index in [9.17, 15) is 20.0 Å². The lowest BCUT2D eigenvalue weighted by molar-refractivity contribution is -0.384. The molecule has 0 aliphatic heterocycles. The van der Waals surface area contributed by atoms with Crippen LogP contribution in [0.25, 0.3) is 0 Å². The summed E-state index contributed by atoms with van der Waals surface area (Å²) in [5.41, 5.74) is 4.54. The zero-order chi connectivity index (χ0) is 15.3. The van der Waals surface area contributed by atoms with Crippen LogP contribution in [0.3, 0.4) is 0 Å². The number of nitro groups is 1. The van der Waals surface area contributed by atoms with Gasteiger partial charge in [-0.15, -0.1) is 0 Å². The number of nitrogens with one attached hydrogen (secondary N) is 2. The first kappa shape index (κ1) is 15.2. The van der Waals surface area contributed by atoms with E-state index in [-0.39, 0.29) is 18.0 Å². The standard InChI is InChI=1S/C14H19N3O4/c18-13(10-14(19)7-2-1-3-8-14)16-15-11-5-4-6-12(9-11)17(20)21/h4-6,9,15,19H,1-3,7-8,10H2,(H,16,18). The predicted octanol–water partition coefficient (Wildman–Crippen LogP) is 2.12. The van der Waals surface area contributed by atoms with Crippen LogP contribution < -0.4 is 10.9 Å². The van der Waals surface area contributed by atoms with Crippen LogP contribution in [0, 0.1) is 10.1 Å². The number of carbonyl (C=O) groups is 1. The Bertz CT molecular complexity index is 527. The lowest BCUT2D eigenvalue weighted by Crippen LogP contribution is -2.40. The minimum atomic E-state index is -0.924. The summed E-state index contributed by atoms with van der Waals surface area (Å²) in [6.45, 7) is 0. The van der Waals surface area contributed by atoms with Crippen molar-refractivity contribution in [2.45, 2.75) is 44.1 Å². The lowest BCUT2D eigenvalue weighted by atomic mass is 9.82. The Morgan fingerprint density at radius 1 is 1.33 bits per heavy atom. The number of rotatable bonds is 5. The van der Waals surface area contributed by atoms with E-state index >= 15 is 0 Å². The van der Waals surface area contributed by atoms with Gasteiger partial charge in [-0.2, -0.15) is 0 Å². The predicted molar refractivity (Wildman–Crippen MR) is 77.5 cm³/mol. The molecule has 114 valence electrons. The molecule has 0 bridgehead atoms. The molecule has 1 aromatic rings. The maximum absolute atomic E-state index is 11.8. The number of aliphatic hydroxyl groups is 1. The molecule has 21 heavy (non-hydrogen) atoms. The molecule has 7 heteroatoms. The molecule has 0 spiro atoms. The van der Waals surface area contributed by atoms with Gasteiger partial charge in [-0.3, -0.25) is 25.8 Å². The molecule has 0 saturated heterocycles. The third-order valence-corrected chi connectivity index (χ3v) is 3.68. The molecule has 0 atom stereocenters. The van der Waals surface area contributed by atoms with Crippen LogP contribution in [-0.4, -0.2) is 21.5 Å². The second-order valence-corrected chi connectivity index (χ2v) is 5.44. The molecule has 0 unspecified atom stereocenters. The van der Waals surface area contributed by atoms with Gasteiger partial charge in [0, 0.05) is 12.1 Å². The molecule has 2 rings (SSSR count). The fourth-order valence-corrected chi connectivity index (χ4v) is 2.57. The largest absolute Gasteiger partial charge is 0.389 e. The number of hydrogen-bond donors (Lipinski definition) is 3. The Balaban J connectivity index is 1.86.